The second kappa shape index (κ2) is 4.34. The first-order valence-electron chi connectivity index (χ1n) is 6.44. The predicted molar refractivity (Wildman–Crippen MR) is 65.6 cm³/mol. The molecule has 7 heteroatoms. The molecular weight excluding hydrogens is 284 g/mol. The van der Waals surface area contributed by atoms with Crippen molar-refractivity contribution in [3.8, 4) is 0 Å². The molecule has 2 amide bonds. The zero-order valence-corrected chi connectivity index (χ0v) is 10.9. The summed E-state index contributed by atoms with van der Waals surface area (Å²) in [6.07, 6.45) is 1.45. The highest BCUT2D eigenvalue weighted by Gasteiger charge is 2.49. The molecule has 5 nitrogen and oxygen atoms in total. The second-order valence-electron chi connectivity index (χ2n) is 5.45. The highest BCUT2D eigenvalue weighted by molar-refractivity contribution is 6.21. The molecule has 3 rings (SSSR count). The van der Waals surface area contributed by atoms with E-state index in [2.05, 4.69) is 0 Å². The van der Waals surface area contributed by atoms with Crippen molar-refractivity contribution in [2.75, 3.05) is 6.54 Å². The van der Waals surface area contributed by atoms with Gasteiger partial charge in [-0.3, -0.25) is 19.3 Å². The van der Waals surface area contributed by atoms with Crippen molar-refractivity contribution >= 4 is 17.8 Å². The molecule has 0 bridgehead atoms. The zero-order chi connectivity index (χ0) is 15.4. The van der Waals surface area contributed by atoms with Crippen LogP contribution in [0.4, 0.5) is 8.78 Å². The fourth-order valence-electron chi connectivity index (χ4n) is 2.77. The zero-order valence-electron chi connectivity index (χ0n) is 10.9. The minimum absolute atomic E-state index is 0.223. The van der Waals surface area contributed by atoms with Crippen LogP contribution in [0.3, 0.4) is 0 Å². The van der Waals surface area contributed by atoms with Crippen molar-refractivity contribution in [2.45, 2.75) is 19.3 Å². The number of benzene rings is 1. The third-order valence-electron chi connectivity index (χ3n) is 4.24. The number of fused-ring (bicyclic) bond motifs is 1. The molecule has 0 unspecified atom stereocenters. The Hall–Kier alpha value is -2.31. The molecule has 0 aromatic heterocycles. The Balaban J connectivity index is 1.95. The van der Waals surface area contributed by atoms with Crippen LogP contribution in [0.25, 0.3) is 0 Å². The normalized spacial score (nSPS) is 19.4. The van der Waals surface area contributed by atoms with Crippen LogP contribution in [0.1, 0.15) is 40.0 Å². The molecule has 0 spiro atoms. The fourth-order valence-corrected chi connectivity index (χ4v) is 2.77. The van der Waals surface area contributed by atoms with Gasteiger partial charge in [-0.25, -0.2) is 8.78 Å². The highest BCUT2D eigenvalue weighted by atomic mass is 19.2. The average Bonchev–Trinajstić information content (AvgIpc) is 2.58. The molecule has 1 aromatic rings. The Morgan fingerprint density at radius 3 is 1.95 bits per heavy atom. The quantitative estimate of drug-likeness (QED) is 0.863. The number of imide groups is 1. The van der Waals surface area contributed by atoms with Crippen LogP contribution in [0.2, 0.25) is 0 Å². The first-order chi connectivity index (χ1) is 9.85. The number of aliphatic carboxylic acids is 1. The number of halogens is 2. The number of carboxylic acid groups (broad SMARTS) is 1. The van der Waals surface area contributed by atoms with E-state index in [1.165, 1.54) is 0 Å². The van der Waals surface area contributed by atoms with Crippen LogP contribution in [0, 0.1) is 17.0 Å². The Kier molecular flexibility index (Phi) is 2.82. The molecule has 2 aliphatic rings. The van der Waals surface area contributed by atoms with E-state index in [0.29, 0.717) is 31.4 Å². The monoisotopic (exact) mass is 295 g/mol. The number of amides is 2. The van der Waals surface area contributed by atoms with E-state index in [1.807, 2.05) is 0 Å². The van der Waals surface area contributed by atoms with Gasteiger partial charge in [0.15, 0.2) is 11.6 Å². The average molecular weight is 295 g/mol. The largest absolute Gasteiger partial charge is 0.481 e. The maximum Gasteiger partial charge on any atom is 0.311 e. The summed E-state index contributed by atoms with van der Waals surface area (Å²) in [7, 11) is 0. The lowest BCUT2D eigenvalue weighted by atomic mass is 9.68. The molecule has 1 saturated carbocycles. The molecule has 1 aliphatic heterocycles. The van der Waals surface area contributed by atoms with Gasteiger partial charge >= 0.3 is 5.97 Å². The van der Waals surface area contributed by atoms with Gasteiger partial charge in [-0.1, -0.05) is 6.42 Å². The first kappa shape index (κ1) is 13.7. The summed E-state index contributed by atoms with van der Waals surface area (Å²) in [5.74, 6) is -5.05. The number of rotatable bonds is 3. The molecule has 0 radical (unpaired) electrons. The summed E-state index contributed by atoms with van der Waals surface area (Å²) in [6.45, 7) is -0.266. The Labute approximate surface area is 118 Å². The maximum atomic E-state index is 13.2. The van der Waals surface area contributed by atoms with E-state index < -0.39 is 34.8 Å². The molecule has 0 atom stereocenters. The minimum atomic E-state index is -1.21. The highest BCUT2D eigenvalue weighted by Crippen LogP contribution is 2.43. The predicted octanol–water partition coefficient (Wildman–Crippen LogP) is 1.82. The molecular formula is C14H11F2NO4. The van der Waals surface area contributed by atoms with Crippen molar-refractivity contribution in [2.24, 2.45) is 5.41 Å². The molecule has 21 heavy (non-hydrogen) atoms. The van der Waals surface area contributed by atoms with Gasteiger partial charge < -0.3 is 5.11 Å². The second-order valence-corrected chi connectivity index (χ2v) is 5.45. The Bertz CT molecular complexity index is 641. The third-order valence-corrected chi connectivity index (χ3v) is 4.24. The summed E-state index contributed by atoms with van der Waals surface area (Å²) in [5, 5.41) is 9.25. The number of hydrogen-bond acceptors (Lipinski definition) is 3. The Morgan fingerprint density at radius 1 is 1.14 bits per heavy atom. The van der Waals surface area contributed by atoms with Crippen molar-refractivity contribution in [3.63, 3.8) is 0 Å². The van der Waals surface area contributed by atoms with Gasteiger partial charge in [-0.2, -0.15) is 0 Å². The summed E-state index contributed by atoms with van der Waals surface area (Å²) in [4.78, 5) is 36.4. The van der Waals surface area contributed by atoms with E-state index in [0.717, 1.165) is 4.90 Å². The molecule has 0 saturated heterocycles. The van der Waals surface area contributed by atoms with Crippen molar-refractivity contribution in [3.05, 3.63) is 34.9 Å². The topological polar surface area (TPSA) is 74.7 Å². The lowest BCUT2D eigenvalue weighted by Crippen LogP contribution is -2.49. The van der Waals surface area contributed by atoms with E-state index >= 15 is 0 Å². The van der Waals surface area contributed by atoms with E-state index in [1.54, 1.807) is 0 Å². The van der Waals surface area contributed by atoms with Gasteiger partial charge in [-0.05, 0) is 25.0 Å². The maximum absolute atomic E-state index is 13.2. The van der Waals surface area contributed by atoms with Crippen LogP contribution >= 0.6 is 0 Å². The number of nitrogens with zero attached hydrogens (tertiary/aromatic N) is 1. The molecule has 110 valence electrons. The van der Waals surface area contributed by atoms with E-state index in [4.69, 9.17) is 0 Å². The van der Waals surface area contributed by atoms with E-state index in [-0.39, 0.29) is 17.7 Å². The Morgan fingerprint density at radius 2 is 1.62 bits per heavy atom. The lowest BCUT2D eigenvalue weighted by Gasteiger charge is -2.39. The summed E-state index contributed by atoms with van der Waals surface area (Å²) in [6, 6.07) is 1.36. The molecule has 1 N–H and O–H groups in total. The van der Waals surface area contributed by atoms with Crippen LogP contribution in [-0.2, 0) is 4.79 Å². The van der Waals surface area contributed by atoms with Crippen molar-refractivity contribution in [1.82, 2.24) is 4.90 Å². The lowest BCUT2D eigenvalue weighted by molar-refractivity contribution is -0.155. The van der Waals surface area contributed by atoms with Crippen LogP contribution in [-0.4, -0.2) is 34.3 Å². The summed E-state index contributed by atoms with van der Waals surface area (Å²) in [5.41, 5.74) is -1.58. The van der Waals surface area contributed by atoms with Crippen molar-refractivity contribution in [1.29, 1.82) is 0 Å². The summed E-state index contributed by atoms with van der Waals surface area (Å²) < 4.78 is 26.4. The standard InChI is InChI=1S/C14H11F2NO4/c15-9-4-7-8(5-10(9)16)12(19)17(11(7)18)6-14(13(20)21)2-1-3-14/h4-5H,1-3,6H2,(H,20,21). The van der Waals surface area contributed by atoms with Gasteiger partial charge in [0.2, 0.25) is 0 Å². The number of hydrogen-bond donors (Lipinski definition) is 1. The van der Waals surface area contributed by atoms with Crippen LogP contribution < -0.4 is 0 Å². The van der Waals surface area contributed by atoms with Gasteiger partial charge in [0.1, 0.15) is 0 Å². The van der Waals surface area contributed by atoms with E-state index in [9.17, 15) is 28.3 Å². The van der Waals surface area contributed by atoms with Gasteiger partial charge in [-0.15, -0.1) is 0 Å². The van der Waals surface area contributed by atoms with Gasteiger partial charge in [0.25, 0.3) is 11.8 Å². The fraction of sp³-hybridized carbons (Fsp3) is 0.357. The first-order valence-corrected chi connectivity index (χ1v) is 6.44. The van der Waals surface area contributed by atoms with Crippen LogP contribution in [0.5, 0.6) is 0 Å². The van der Waals surface area contributed by atoms with Crippen LogP contribution in [0.15, 0.2) is 12.1 Å². The number of carbonyl (C=O) groups is 3. The van der Waals surface area contributed by atoms with Gasteiger partial charge in [0.05, 0.1) is 16.5 Å². The molecule has 1 aromatic carbocycles. The van der Waals surface area contributed by atoms with Gasteiger partial charge in [0, 0.05) is 6.54 Å². The molecule has 1 fully saturated rings. The minimum Gasteiger partial charge on any atom is -0.481 e. The number of carbonyl (C=O) groups excluding carboxylic acids is 2. The smallest absolute Gasteiger partial charge is 0.311 e. The summed E-state index contributed by atoms with van der Waals surface area (Å²) >= 11 is 0. The number of carboxylic acids is 1. The molecule has 1 heterocycles. The SMILES string of the molecule is O=C1c2cc(F)c(F)cc2C(=O)N1CC1(C(=O)O)CCC1. The molecule has 1 aliphatic carbocycles. The van der Waals surface area contributed by atoms with Crippen molar-refractivity contribution < 1.29 is 28.3 Å². The third kappa shape index (κ3) is 1.84.